The van der Waals surface area contributed by atoms with Gasteiger partial charge in [-0.05, 0) is 19.4 Å². The molecular weight excluding hydrogens is 316 g/mol. The Morgan fingerprint density at radius 3 is 2.43 bits per heavy atom. The highest BCUT2D eigenvalue weighted by molar-refractivity contribution is 8.01. The van der Waals surface area contributed by atoms with Gasteiger partial charge in [0.25, 0.3) is 0 Å². The molecule has 2 heterocycles. The molecule has 1 aromatic carbocycles. The minimum absolute atomic E-state index is 0.432. The second-order valence-corrected chi connectivity index (χ2v) is 8.02. The van der Waals surface area contributed by atoms with E-state index in [1.165, 1.54) is 11.8 Å². The van der Waals surface area contributed by atoms with Crippen LogP contribution in [0.4, 0.5) is 0 Å². The van der Waals surface area contributed by atoms with Crippen molar-refractivity contribution in [1.29, 1.82) is 0 Å². The lowest BCUT2D eigenvalue weighted by atomic mass is 10.0. The van der Waals surface area contributed by atoms with Crippen LogP contribution in [0.15, 0.2) is 35.3 Å². The number of hydrogen-bond donors (Lipinski definition) is 2. The first-order chi connectivity index (χ1) is 10.8. The summed E-state index contributed by atoms with van der Waals surface area (Å²) in [5.74, 6) is -1.42. The molecule has 1 aromatic rings. The number of benzene rings is 1. The summed E-state index contributed by atoms with van der Waals surface area (Å²) in [5.41, 5.74) is 0.981. The van der Waals surface area contributed by atoms with E-state index < -0.39 is 34.1 Å². The number of hydrogen-bond acceptors (Lipinski definition) is 5. The van der Waals surface area contributed by atoms with Gasteiger partial charge >= 0.3 is 11.9 Å². The highest BCUT2D eigenvalue weighted by Crippen LogP contribution is 2.49. The molecule has 0 amide bonds. The summed E-state index contributed by atoms with van der Waals surface area (Å²) in [7, 11) is 0. The van der Waals surface area contributed by atoms with Crippen LogP contribution in [0.5, 0.6) is 0 Å². The smallest absolute Gasteiger partial charge is 0.331 e. The minimum Gasteiger partial charge on any atom is -0.480 e. The molecule has 1 saturated heterocycles. The van der Waals surface area contributed by atoms with Crippen molar-refractivity contribution in [1.82, 2.24) is 4.90 Å². The fraction of sp³-hybridized carbons (Fsp3) is 0.438. The van der Waals surface area contributed by atoms with Crippen molar-refractivity contribution in [3.05, 3.63) is 35.9 Å². The van der Waals surface area contributed by atoms with E-state index >= 15 is 0 Å². The van der Waals surface area contributed by atoms with Crippen molar-refractivity contribution >= 4 is 29.5 Å². The Morgan fingerprint density at radius 2 is 1.87 bits per heavy atom. The number of carboxylic acids is 2. The largest absolute Gasteiger partial charge is 0.480 e. The SMILES string of the molecule is CC1(C)S[C@@H]2[C@@H](C(=O)O)N=C(Cc3ccccc3)N2[C@H]1C(=O)O. The van der Waals surface area contributed by atoms with E-state index in [-0.39, 0.29) is 0 Å². The zero-order chi connectivity index (χ0) is 16.8. The Labute approximate surface area is 138 Å². The van der Waals surface area contributed by atoms with Crippen molar-refractivity contribution < 1.29 is 19.8 Å². The van der Waals surface area contributed by atoms with Crippen molar-refractivity contribution in [2.45, 2.75) is 42.5 Å². The summed E-state index contributed by atoms with van der Waals surface area (Å²) >= 11 is 1.38. The molecule has 7 heteroatoms. The average molecular weight is 334 g/mol. The molecule has 0 radical (unpaired) electrons. The Morgan fingerprint density at radius 1 is 1.22 bits per heavy atom. The third-order valence-electron chi connectivity index (χ3n) is 4.18. The van der Waals surface area contributed by atoms with E-state index in [2.05, 4.69) is 4.99 Å². The van der Waals surface area contributed by atoms with Gasteiger partial charge in [-0.3, -0.25) is 4.99 Å². The molecule has 2 aliphatic rings. The maximum atomic E-state index is 11.8. The normalized spacial score (nSPS) is 28.3. The maximum Gasteiger partial charge on any atom is 0.331 e. The van der Waals surface area contributed by atoms with E-state index in [1.54, 1.807) is 4.90 Å². The molecule has 0 unspecified atom stereocenters. The van der Waals surface area contributed by atoms with Crippen LogP contribution in [-0.2, 0) is 16.0 Å². The van der Waals surface area contributed by atoms with Crippen molar-refractivity contribution in [3.63, 3.8) is 0 Å². The number of carbonyl (C=O) groups is 2. The highest BCUT2D eigenvalue weighted by Gasteiger charge is 2.58. The highest BCUT2D eigenvalue weighted by atomic mass is 32.2. The van der Waals surface area contributed by atoms with Crippen LogP contribution in [0.2, 0.25) is 0 Å². The van der Waals surface area contributed by atoms with Crippen LogP contribution in [0.25, 0.3) is 0 Å². The third-order valence-corrected chi connectivity index (χ3v) is 5.74. The number of amidine groups is 1. The van der Waals surface area contributed by atoms with Crippen LogP contribution < -0.4 is 0 Å². The van der Waals surface area contributed by atoms with Crippen LogP contribution in [0, 0.1) is 0 Å². The summed E-state index contributed by atoms with van der Waals surface area (Å²) in [5, 5.41) is 18.6. The fourth-order valence-electron chi connectivity index (χ4n) is 3.23. The Kier molecular flexibility index (Phi) is 3.83. The Balaban J connectivity index is 1.98. The van der Waals surface area contributed by atoms with Gasteiger partial charge in [0.05, 0.1) is 0 Å². The first-order valence-corrected chi connectivity index (χ1v) is 8.21. The van der Waals surface area contributed by atoms with Gasteiger partial charge < -0.3 is 15.1 Å². The molecule has 0 aliphatic carbocycles. The van der Waals surface area contributed by atoms with E-state index in [1.807, 2.05) is 44.2 Å². The second-order valence-electron chi connectivity index (χ2n) is 6.25. The summed E-state index contributed by atoms with van der Waals surface area (Å²) in [6.45, 7) is 3.68. The van der Waals surface area contributed by atoms with Crippen LogP contribution >= 0.6 is 11.8 Å². The summed E-state index contributed by atoms with van der Waals surface area (Å²) in [4.78, 5) is 29.3. The molecule has 1 fully saturated rings. The lowest BCUT2D eigenvalue weighted by Gasteiger charge is -2.29. The molecule has 122 valence electrons. The molecule has 0 aromatic heterocycles. The maximum absolute atomic E-state index is 11.8. The molecule has 3 rings (SSSR count). The number of fused-ring (bicyclic) bond motifs is 1. The predicted octanol–water partition coefficient (Wildman–Crippen LogP) is 1.70. The van der Waals surface area contributed by atoms with Gasteiger partial charge in [-0.25, -0.2) is 9.59 Å². The van der Waals surface area contributed by atoms with Gasteiger partial charge in [-0.15, -0.1) is 11.8 Å². The monoisotopic (exact) mass is 334 g/mol. The van der Waals surface area contributed by atoms with Crippen molar-refractivity contribution in [2.24, 2.45) is 4.99 Å². The molecule has 2 aliphatic heterocycles. The van der Waals surface area contributed by atoms with Gasteiger partial charge in [0.1, 0.15) is 17.3 Å². The molecule has 3 atom stereocenters. The van der Waals surface area contributed by atoms with Crippen LogP contribution in [-0.4, -0.2) is 55.1 Å². The summed E-state index contributed by atoms with van der Waals surface area (Å²) < 4.78 is -0.581. The third kappa shape index (κ3) is 2.69. The van der Waals surface area contributed by atoms with Gasteiger partial charge in [-0.2, -0.15) is 0 Å². The lowest BCUT2D eigenvalue weighted by Crippen LogP contribution is -2.50. The predicted molar refractivity (Wildman–Crippen MR) is 87.7 cm³/mol. The molecule has 0 spiro atoms. The van der Waals surface area contributed by atoms with Gasteiger partial charge in [0.15, 0.2) is 6.04 Å². The minimum atomic E-state index is -1.02. The topological polar surface area (TPSA) is 90.2 Å². The van der Waals surface area contributed by atoms with Gasteiger partial charge in [0.2, 0.25) is 0 Å². The molecule has 0 saturated carbocycles. The molecular formula is C16H18N2O4S. The van der Waals surface area contributed by atoms with Crippen LogP contribution in [0.3, 0.4) is 0 Å². The average Bonchev–Trinajstić information content (AvgIpc) is 2.92. The van der Waals surface area contributed by atoms with Crippen molar-refractivity contribution in [3.8, 4) is 0 Å². The second kappa shape index (κ2) is 5.56. The van der Waals surface area contributed by atoms with Gasteiger partial charge in [0, 0.05) is 11.2 Å². The number of rotatable bonds is 4. The van der Waals surface area contributed by atoms with Crippen LogP contribution in [0.1, 0.15) is 19.4 Å². The van der Waals surface area contributed by atoms with E-state index in [0.29, 0.717) is 12.3 Å². The molecule has 23 heavy (non-hydrogen) atoms. The number of nitrogens with zero attached hydrogens (tertiary/aromatic N) is 2. The fourth-order valence-corrected chi connectivity index (χ4v) is 4.86. The molecule has 2 N–H and O–H groups in total. The zero-order valence-corrected chi connectivity index (χ0v) is 13.7. The summed E-state index contributed by atoms with van der Waals surface area (Å²) in [6.07, 6.45) is 0.432. The lowest BCUT2D eigenvalue weighted by molar-refractivity contribution is -0.143. The standard InChI is InChI=1S/C16H18N2O4S/c1-16(2)12(15(21)22)18-10(8-9-6-4-3-5-7-9)17-11(14(19)20)13(18)23-16/h3-7,11-13H,8H2,1-2H3,(H,19,20)(H,21,22)/t11-,12-,13+/m0/s1. The number of carboxylic acid groups (broad SMARTS) is 2. The number of aliphatic imine (C=N–C) groups is 1. The Bertz CT molecular complexity index is 674. The van der Waals surface area contributed by atoms with E-state index in [4.69, 9.17) is 0 Å². The number of thioether (sulfide) groups is 1. The Hall–Kier alpha value is -2.02. The zero-order valence-electron chi connectivity index (χ0n) is 12.8. The van der Waals surface area contributed by atoms with E-state index in [0.717, 1.165) is 5.56 Å². The first kappa shape index (κ1) is 15.9. The number of aliphatic carboxylic acids is 2. The first-order valence-electron chi connectivity index (χ1n) is 7.33. The van der Waals surface area contributed by atoms with Crippen molar-refractivity contribution in [2.75, 3.05) is 0 Å². The molecule has 0 bridgehead atoms. The van der Waals surface area contributed by atoms with Gasteiger partial charge in [-0.1, -0.05) is 30.3 Å². The molecule has 6 nitrogen and oxygen atoms in total. The summed E-state index contributed by atoms with van der Waals surface area (Å²) in [6, 6.07) is 7.83. The quantitative estimate of drug-likeness (QED) is 0.871. The van der Waals surface area contributed by atoms with E-state index in [9.17, 15) is 19.8 Å².